The van der Waals surface area contributed by atoms with Crippen molar-refractivity contribution in [2.75, 3.05) is 32.8 Å². The van der Waals surface area contributed by atoms with Gasteiger partial charge in [0, 0.05) is 25.7 Å². The van der Waals surface area contributed by atoms with Crippen LogP contribution in [0.15, 0.2) is 0 Å². The second-order valence-electron chi connectivity index (χ2n) is 4.04. The van der Waals surface area contributed by atoms with E-state index < -0.39 is 0 Å². The quantitative estimate of drug-likeness (QED) is 0.672. The third-order valence-electron chi connectivity index (χ3n) is 2.94. The monoisotopic (exact) mass is 195 g/mol. The minimum Gasteiger partial charge on any atom is -0.361 e. The highest BCUT2D eigenvalue weighted by Crippen LogP contribution is 2.10. The van der Waals surface area contributed by atoms with Crippen LogP contribution in [0.1, 0.15) is 12.8 Å². The molecule has 0 aromatic heterocycles. The molecule has 0 aromatic rings. The van der Waals surface area contributed by atoms with Gasteiger partial charge >= 0.3 is 0 Å². The van der Waals surface area contributed by atoms with E-state index in [9.17, 15) is 0 Å². The van der Waals surface area contributed by atoms with Gasteiger partial charge in [-0.25, -0.2) is 0 Å². The normalized spacial score (nSPS) is 34.2. The van der Waals surface area contributed by atoms with Crippen molar-refractivity contribution in [1.82, 2.24) is 10.2 Å². The Balaban J connectivity index is 1.77. The molecule has 4 nitrogen and oxygen atoms in total. The molecule has 2 rings (SSSR count). The maximum absolute atomic E-state index is 8.75. The van der Waals surface area contributed by atoms with Gasteiger partial charge in [0.15, 0.2) is 6.10 Å². The van der Waals surface area contributed by atoms with E-state index in [0.717, 1.165) is 26.2 Å². The molecule has 0 radical (unpaired) electrons. The molecule has 2 fully saturated rings. The van der Waals surface area contributed by atoms with Gasteiger partial charge in [0.05, 0.1) is 12.7 Å². The molecule has 0 saturated carbocycles. The van der Waals surface area contributed by atoms with E-state index in [1.807, 2.05) is 0 Å². The fraction of sp³-hybridized carbons (Fsp3) is 0.900. The number of hydrogen-bond donors (Lipinski definition) is 1. The molecule has 0 amide bonds. The average molecular weight is 195 g/mol. The van der Waals surface area contributed by atoms with Gasteiger partial charge in [0.1, 0.15) is 0 Å². The van der Waals surface area contributed by atoms with Gasteiger partial charge in [-0.1, -0.05) is 0 Å². The van der Waals surface area contributed by atoms with Crippen LogP contribution in [0.25, 0.3) is 0 Å². The van der Waals surface area contributed by atoms with Crippen LogP contribution in [-0.2, 0) is 4.74 Å². The molecule has 0 aromatic carbocycles. The summed E-state index contributed by atoms with van der Waals surface area (Å²) in [7, 11) is 0. The van der Waals surface area contributed by atoms with E-state index in [1.165, 1.54) is 12.8 Å². The van der Waals surface area contributed by atoms with Crippen LogP contribution < -0.4 is 5.32 Å². The van der Waals surface area contributed by atoms with Crippen LogP contribution in [-0.4, -0.2) is 49.8 Å². The maximum Gasteiger partial charge on any atom is 0.156 e. The highest BCUT2D eigenvalue weighted by Gasteiger charge is 2.23. The minimum atomic E-state index is -0.217. The van der Waals surface area contributed by atoms with Crippen LogP contribution in [0.5, 0.6) is 0 Å². The Morgan fingerprint density at radius 1 is 1.57 bits per heavy atom. The largest absolute Gasteiger partial charge is 0.361 e. The Bertz CT molecular complexity index is 220. The lowest BCUT2D eigenvalue weighted by atomic mass is 10.2. The fourth-order valence-electron chi connectivity index (χ4n) is 2.17. The van der Waals surface area contributed by atoms with Crippen LogP contribution >= 0.6 is 0 Å². The molecule has 14 heavy (non-hydrogen) atoms. The van der Waals surface area contributed by atoms with Gasteiger partial charge in [-0.2, -0.15) is 5.26 Å². The van der Waals surface area contributed by atoms with Gasteiger partial charge in [-0.15, -0.1) is 0 Å². The molecule has 2 atom stereocenters. The van der Waals surface area contributed by atoms with Crippen molar-refractivity contribution in [1.29, 1.82) is 5.26 Å². The zero-order chi connectivity index (χ0) is 9.80. The molecule has 2 saturated heterocycles. The highest BCUT2D eigenvalue weighted by atomic mass is 16.5. The number of hydrogen-bond acceptors (Lipinski definition) is 4. The van der Waals surface area contributed by atoms with Crippen molar-refractivity contribution in [2.45, 2.75) is 25.0 Å². The molecule has 0 bridgehead atoms. The number of rotatable bonds is 2. The topological polar surface area (TPSA) is 48.3 Å². The van der Waals surface area contributed by atoms with Crippen molar-refractivity contribution < 1.29 is 4.74 Å². The lowest BCUT2D eigenvalue weighted by molar-refractivity contribution is -0.00202. The van der Waals surface area contributed by atoms with Crippen LogP contribution in [0, 0.1) is 11.3 Å². The summed E-state index contributed by atoms with van der Waals surface area (Å²) >= 11 is 0. The predicted octanol–water partition coefficient (Wildman–Crippen LogP) is -0.0372. The number of nitrogens with zero attached hydrogens (tertiary/aromatic N) is 2. The summed E-state index contributed by atoms with van der Waals surface area (Å²) in [6.45, 7) is 4.66. The Morgan fingerprint density at radius 3 is 3.21 bits per heavy atom. The van der Waals surface area contributed by atoms with Crippen molar-refractivity contribution in [3.8, 4) is 6.07 Å². The first-order valence-corrected chi connectivity index (χ1v) is 5.35. The van der Waals surface area contributed by atoms with Crippen molar-refractivity contribution in [3.63, 3.8) is 0 Å². The minimum absolute atomic E-state index is 0.217. The summed E-state index contributed by atoms with van der Waals surface area (Å²) < 4.78 is 5.30. The first kappa shape index (κ1) is 9.91. The zero-order valence-corrected chi connectivity index (χ0v) is 8.41. The Labute approximate surface area is 84.8 Å². The van der Waals surface area contributed by atoms with E-state index >= 15 is 0 Å². The standard InChI is InChI=1S/C10H17N3O/c11-6-10-8-13(4-5-14-10)7-9-2-1-3-12-9/h9-10,12H,1-5,7-8H2. The Morgan fingerprint density at radius 2 is 2.50 bits per heavy atom. The lowest BCUT2D eigenvalue weighted by Gasteiger charge is -2.31. The van der Waals surface area contributed by atoms with Gasteiger partial charge in [-0.3, -0.25) is 4.90 Å². The predicted molar refractivity (Wildman–Crippen MR) is 52.8 cm³/mol. The first-order chi connectivity index (χ1) is 6.88. The van der Waals surface area contributed by atoms with Gasteiger partial charge in [0.2, 0.25) is 0 Å². The number of nitriles is 1. The van der Waals surface area contributed by atoms with Crippen molar-refractivity contribution >= 4 is 0 Å². The van der Waals surface area contributed by atoms with E-state index in [-0.39, 0.29) is 6.10 Å². The second kappa shape index (κ2) is 4.74. The van der Waals surface area contributed by atoms with Gasteiger partial charge in [-0.05, 0) is 19.4 Å². The second-order valence-corrected chi connectivity index (χ2v) is 4.04. The van der Waals surface area contributed by atoms with Crippen LogP contribution in [0.4, 0.5) is 0 Å². The van der Waals surface area contributed by atoms with E-state index in [0.29, 0.717) is 12.6 Å². The lowest BCUT2D eigenvalue weighted by Crippen LogP contribution is -2.46. The summed E-state index contributed by atoms with van der Waals surface area (Å²) in [5.74, 6) is 0. The molecule has 2 unspecified atom stereocenters. The van der Waals surface area contributed by atoms with E-state index in [1.54, 1.807) is 0 Å². The molecule has 0 aliphatic carbocycles. The average Bonchev–Trinajstić information content (AvgIpc) is 2.71. The van der Waals surface area contributed by atoms with Crippen LogP contribution in [0.2, 0.25) is 0 Å². The van der Waals surface area contributed by atoms with E-state index in [4.69, 9.17) is 10.00 Å². The smallest absolute Gasteiger partial charge is 0.156 e. The molecule has 78 valence electrons. The summed E-state index contributed by atoms with van der Waals surface area (Å²) in [6.07, 6.45) is 2.34. The molecular weight excluding hydrogens is 178 g/mol. The maximum atomic E-state index is 8.75. The fourth-order valence-corrected chi connectivity index (χ4v) is 2.17. The van der Waals surface area contributed by atoms with Gasteiger partial charge in [0.25, 0.3) is 0 Å². The number of morpholine rings is 1. The summed E-state index contributed by atoms with van der Waals surface area (Å²) in [4.78, 5) is 2.33. The molecule has 2 aliphatic heterocycles. The number of nitrogens with one attached hydrogen (secondary N) is 1. The third kappa shape index (κ3) is 2.44. The van der Waals surface area contributed by atoms with Crippen molar-refractivity contribution in [2.24, 2.45) is 0 Å². The molecule has 2 heterocycles. The Hall–Kier alpha value is -0.630. The van der Waals surface area contributed by atoms with Gasteiger partial charge < -0.3 is 10.1 Å². The molecular formula is C10H17N3O. The summed E-state index contributed by atoms with van der Waals surface area (Å²) in [6, 6.07) is 2.81. The van der Waals surface area contributed by atoms with Crippen molar-refractivity contribution in [3.05, 3.63) is 0 Å². The third-order valence-corrected chi connectivity index (χ3v) is 2.94. The summed E-state index contributed by atoms with van der Waals surface area (Å²) in [5.41, 5.74) is 0. The molecule has 2 aliphatic rings. The molecule has 0 spiro atoms. The molecule has 1 N–H and O–H groups in total. The van der Waals surface area contributed by atoms with Crippen LogP contribution in [0.3, 0.4) is 0 Å². The summed E-state index contributed by atoms with van der Waals surface area (Å²) in [5, 5.41) is 12.2. The van der Waals surface area contributed by atoms with E-state index in [2.05, 4.69) is 16.3 Å². The number of ether oxygens (including phenoxy) is 1. The first-order valence-electron chi connectivity index (χ1n) is 5.35. The zero-order valence-electron chi connectivity index (χ0n) is 8.41. The highest BCUT2D eigenvalue weighted by molar-refractivity contribution is 4.90. The SMILES string of the molecule is N#CC1CN(CC2CCCN2)CCO1. The molecule has 4 heteroatoms. The Kier molecular flexibility index (Phi) is 3.35.